The van der Waals surface area contributed by atoms with Gasteiger partial charge in [-0.2, -0.15) is 5.10 Å². The summed E-state index contributed by atoms with van der Waals surface area (Å²) in [5.74, 6) is 1.10. The van der Waals surface area contributed by atoms with Gasteiger partial charge in [0.2, 0.25) is 6.79 Å². The molecule has 1 N–H and O–H groups in total. The molecule has 0 unspecified atom stereocenters. The number of benzene rings is 1. The van der Waals surface area contributed by atoms with Crippen molar-refractivity contribution >= 4 is 12.1 Å². The zero-order valence-electron chi connectivity index (χ0n) is 10.4. The first-order valence-electron chi connectivity index (χ1n) is 5.96. The van der Waals surface area contributed by atoms with Crippen LogP contribution < -0.4 is 14.9 Å². The smallest absolute Gasteiger partial charge is 0.271 e. The molecule has 20 heavy (non-hydrogen) atoms. The SMILES string of the molecule is O=C(NN=Cc1ccc2c(c1)OCO2)c1ccncc1. The second-order valence-electron chi connectivity index (χ2n) is 4.05. The molecule has 1 aliphatic rings. The van der Waals surface area contributed by atoms with Crippen LogP contribution in [0.3, 0.4) is 0 Å². The Morgan fingerprint density at radius 3 is 2.85 bits per heavy atom. The Balaban J connectivity index is 1.65. The molecule has 1 amide bonds. The van der Waals surface area contributed by atoms with Crippen LogP contribution in [0.1, 0.15) is 15.9 Å². The third kappa shape index (κ3) is 2.59. The number of nitrogens with zero attached hydrogens (tertiary/aromatic N) is 2. The molecular weight excluding hydrogens is 258 g/mol. The van der Waals surface area contributed by atoms with Crippen molar-refractivity contribution in [2.45, 2.75) is 0 Å². The molecule has 1 aliphatic heterocycles. The van der Waals surface area contributed by atoms with Gasteiger partial charge >= 0.3 is 0 Å². The van der Waals surface area contributed by atoms with Crippen molar-refractivity contribution in [2.75, 3.05) is 6.79 Å². The van der Waals surface area contributed by atoms with Gasteiger partial charge in [-0.15, -0.1) is 0 Å². The Morgan fingerprint density at radius 2 is 2.00 bits per heavy atom. The number of nitrogens with one attached hydrogen (secondary N) is 1. The lowest BCUT2D eigenvalue weighted by Gasteiger charge is -1.99. The lowest BCUT2D eigenvalue weighted by atomic mass is 10.2. The zero-order chi connectivity index (χ0) is 13.8. The minimum absolute atomic E-state index is 0.231. The number of carbonyl (C=O) groups is 1. The summed E-state index contributed by atoms with van der Waals surface area (Å²) in [6.45, 7) is 0.231. The molecule has 0 aliphatic carbocycles. The standard InChI is InChI=1S/C14H11N3O3/c18-14(11-3-5-15-6-4-11)17-16-8-10-1-2-12-13(7-10)20-9-19-12/h1-8H,9H2,(H,17,18). The number of hydrogen-bond donors (Lipinski definition) is 1. The van der Waals surface area contributed by atoms with E-state index >= 15 is 0 Å². The molecule has 2 heterocycles. The summed E-state index contributed by atoms with van der Waals surface area (Å²) in [6.07, 6.45) is 4.65. The normalized spacial score (nSPS) is 12.6. The van der Waals surface area contributed by atoms with Crippen molar-refractivity contribution in [2.24, 2.45) is 5.10 Å². The molecule has 2 aromatic rings. The lowest BCUT2D eigenvalue weighted by molar-refractivity contribution is 0.0955. The lowest BCUT2D eigenvalue weighted by Crippen LogP contribution is -2.17. The largest absolute Gasteiger partial charge is 0.454 e. The molecule has 100 valence electrons. The summed E-state index contributed by atoms with van der Waals surface area (Å²) in [6, 6.07) is 8.66. The molecule has 0 spiro atoms. The van der Waals surface area contributed by atoms with E-state index in [1.165, 1.54) is 0 Å². The Bertz CT molecular complexity index is 656. The first-order chi connectivity index (χ1) is 9.83. The van der Waals surface area contributed by atoms with E-state index in [1.807, 2.05) is 6.07 Å². The van der Waals surface area contributed by atoms with E-state index in [-0.39, 0.29) is 12.7 Å². The van der Waals surface area contributed by atoms with Crippen LogP contribution in [0.15, 0.2) is 47.8 Å². The van der Waals surface area contributed by atoms with Crippen LogP contribution in [0, 0.1) is 0 Å². The van der Waals surface area contributed by atoms with Gasteiger partial charge in [-0.05, 0) is 35.9 Å². The number of hydrazone groups is 1. The van der Waals surface area contributed by atoms with E-state index in [4.69, 9.17) is 9.47 Å². The van der Waals surface area contributed by atoms with Crippen LogP contribution in [-0.4, -0.2) is 23.9 Å². The average Bonchev–Trinajstić information content (AvgIpc) is 2.95. The van der Waals surface area contributed by atoms with E-state index in [9.17, 15) is 4.79 Å². The molecule has 0 bridgehead atoms. The van der Waals surface area contributed by atoms with Gasteiger partial charge in [0.25, 0.3) is 5.91 Å². The van der Waals surface area contributed by atoms with Gasteiger partial charge in [0.05, 0.1) is 6.21 Å². The first kappa shape index (κ1) is 12.2. The summed E-state index contributed by atoms with van der Waals surface area (Å²) in [5.41, 5.74) is 3.76. The Kier molecular flexibility index (Phi) is 3.28. The minimum Gasteiger partial charge on any atom is -0.454 e. The van der Waals surface area contributed by atoms with Gasteiger partial charge in [0.15, 0.2) is 11.5 Å². The Hall–Kier alpha value is -2.89. The number of hydrogen-bond acceptors (Lipinski definition) is 5. The van der Waals surface area contributed by atoms with Gasteiger partial charge in [0.1, 0.15) is 0 Å². The molecule has 0 saturated carbocycles. The van der Waals surface area contributed by atoms with Crippen molar-refractivity contribution in [3.05, 3.63) is 53.9 Å². The summed E-state index contributed by atoms with van der Waals surface area (Å²) in [7, 11) is 0. The monoisotopic (exact) mass is 269 g/mol. The first-order valence-corrected chi connectivity index (χ1v) is 5.96. The fourth-order valence-corrected chi connectivity index (χ4v) is 1.73. The zero-order valence-corrected chi connectivity index (χ0v) is 10.4. The number of rotatable bonds is 3. The fourth-order valence-electron chi connectivity index (χ4n) is 1.73. The fraction of sp³-hybridized carbons (Fsp3) is 0.0714. The highest BCUT2D eigenvalue weighted by Crippen LogP contribution is 2.31. The Labute approximate surface area is 115 Å². The second kappa shape index (κ2) is 5.40. The molecule has 6 nitrogen and oxygen atoms in total. The van der Waals surface area contributed by atoms with Crippen molar-refractivity contribution in [1.29, 1.82) is 0 Å². The Morgan fingerprint density at radius 1 is 1.20 bits per heavy atom. The molecule has 0 fully saturated rings. The third-order valence-electron chi connectivity index (χ3n) is 2.72. The van der Waals surface area contributed by atoms with Crippen LogP contribution in [0.25, 0.3) is 0 Å². The maximum atomic E-state index is 11.7. The molecule has 6 heteroatoms. The van der Waals surface area contributed by atoms with E-state index in [2.05, 4.69) is 15.5 Å². The number of pyridine rings is 1. The molecule has 3 rings (SSSR count). The summed E-state index contributed by atoms with van der Waals surface area (Å²) in [4.78, 5) is 15.6. The van der Waals surface area contributed by atoms with Crippen molar-refractivity contribution in [3.8, 4) is 11.5 Å². The maximum absolute atomic E-state index is 11.7. The number of carbonyl (C=O) groups excluding carboxylic acids is 1. The quantitative estimate of drug-likeness (QED) is 0.678. The highest BCUT2D eigenvalue weighted by atomic mass is 16.7. The number of aromatic nitrogens is 1. The van der Waals surface area contributed by atoms with Crippen LogP contribution >= 0.6 is 0 Å². The predicted octanol–water partition coefficient (Wildman–Crippen LogP) is 1.57. The van der Waals surface area contributed by atoms with Gasteiger partial charge in [0, 0.05) is 18.0 Å². The van der Waals surface area contributed by atoms with E-state index in [0.29, 0.717) is 17.1 Å². The summed E-state index contributed by atoms with van der Waals surface area (Å²) < 4.78 is 10.5. The highest BCUT2D eigenvalue weighted by molar-refractivity contribution is 5.94. The van der Waals surface area contributed by atoms with Crippen molar-refractivity contribution < 1.29 is 14.3 Å². The molecule has 1 aromatic heterocycles. The topological polar surface area (TPSA) is 72.8 Å². The maximum Gasteiger partial charge on any atom is 0.271 e. The van der Waals surface area contributed by atoms with Gasteiger partial charge in [-0.25, -0.2) is 5.43 Å². The summed E-state index contributed by atoms with van der Waals surface area (Å²) in [5, 5.41) is 3.90. The number of amides is 1. The van der Waals surface area contributed by atoms with E-state index < -0.39 is 0 Å². The van der Waals surface area contributed by atoms with Gasteiger partial charge in [-0.1, -0.05) is 0 Å². The van der Waals surface area contributed by atoms with E-state index in [1.54, 1.807) is 42.9 Å². The molecule has 0 saturated heterocycles. The second-order valence-corrected chi connectivity index (χ2v) is 4.05. The van der Waals surface area contributed by atoms with Crippen molar-refractivity contribution in [1.82, 2.24) is 10.4 Å². The summed E-state index contributed by atoms with van der Waals surface area (Å²) >= 11 is 0. The van der Waals surface area contributed by atoms with Crippen LogP contribution in [0.5, 0.6) is 11.5 Å². The van der Waals surface area contributed by atoms with Gasteiger partial charge in [-0.3, -0.25) is 9.78 Å². The van der Waals surface area contributed by atoms with Gasteiger partial charge < -0.3 is 9.47 Å². The molecular formula is C14H11N3O3. The third-order valence-corrected chi connectivity index (χ3v) is 2.72. The van der Waals surface area contributed by atoms with Crippen molar-refractivity contribution in [3.63, 3.8) is 0 Å². The van der Waals surface area contributed by atoms with Crippen LogP contribution in [0.4, 0.5) is 0 Å². The minimum atomic E-state index is -0.288. The average molecular weight is 269 g/mol. The van der Waals surface area contributed by atoms with Crippen LogP contribution in [-0.2, 0) is 0 Å². The van der Waals surface area contributed by atoms with Crippen LogP contribution in [0.2, 0.25) is 0 Å². The molecule has 0 atom stereocenters. The van der Waals surface area contributed by atoms with E-state index in [0.717, 1.165) is 5.56 Å². The number of fused-ring (bicyclic) bond motifs is 1. The highest BCUT2D eigenvalue weighted by Gasteiger charge is 2.12. The number of ether oxygens (including phenoxy) is 2. The molecule has 1 aromatic carbocycles. The predicted molar refractivity (Wildman–Crippen MR) is 71.9 cm³/mol. The molecule has 0 radical (unpaired) electrons.